The van der Waals surface area contributed by atoms with Crippen molar-refractivity contribution in [1.29, 1.82) is 0 Å². The fourth-order valence-corrected chi connectivity index (χ4v) is 4.60. The number of thioether (sulfide) groups is 1. The normalized spacial score (nSPS) is 11.0. The Kier molecular flexibility index (Phi) is 5.93. The Balaban J connectivity index is 1.71. The molecule has 0 aliphatic rings. The van der Waals surface area contributed by atoms with E-state index in [-0.39, 0.29) is 5.91 Å². The summed E-state index contributed by atoms with van der Waals surface area (Å²) in [6.07, 6.45) is 2.36. The second-order valence-corrected chi connectivity index (χ2v) is 8.06. The maximum Gasteiger partial charge on any atom is 0.230 e. The van der Waals surface area contributed by atoms with Crippen LogP contribution in [0.5, 0.6) is 0 Å². The first-order chi connectivity index (χ1) is 14.2. The van der Waals surface area contributed by atoms with Crippen molar-refractivity contribution < 1.29 is 4.79 Å². The Morgan fingerprint density at radius 1 is 1.00 bits per heavy atom. The number of hydrogen-bond donors (Lipinski definition) is 1. The van der Waals surface area contributed by atoms with Gasteiger partial charge < -0.3 is 9.88 Å². The molecular formula is C24H21ClN2OS. The molecule has 0 unspecified atom stereocenters. The van der Waals surface area contributed by atoms with E-state index in [1.54, 1.807) is 23.9 Å². The molecule has 5 heteroatoms. The number of amides is 1. The number of halogens is 1. The van der Waals surface area contributed by atoms with E-state index < -0.39 is 0 Å². The molecule has 0 saturated heterocycles. The van der Waals surface area contributed by atoms with Gasteiger partial charge in [0, 0.05) is 38.7 Å². The van der Waals surface area contributed by atoms with Gasteiger partial charge in [-0.2, -0.15) is 0 Å². The van der Waals surface area contributed by atoms with Gasteiger partial charge in [-0.05, 0) is 36.1 Å². The van der Waals surface area contributed by atoms with Crippen LogP contribution in [0, 0.1) is 0 Å². The molecule has 0 aliphatic heterocycles. The lowest BCUT2D eigenvalue weighted by atomic mass is 10.2. The van der Waals surface area contributed by atoms with E-state index in [4.69, 9.17) is 11.6 Å². The van der Waals surface area contributed by atoms with Crippen molar-refractivity contribution in [3.8, 4) is 0 Å². The number of aromatic nitrogens is 1. The molecule has 3 nitrogen and oxygen atoms in total. The molecule has 0 radical (unpaired) electrons. The number of hydrogen-bond acceptors (Lipinski definition) is 2. The summed E-state index contributed by atoms with van der Waals surface area (Å²) in [5.41, 5.74) is 4.09. The van der Waals surface area contributed by atoms with Crippen molar-refractivity contribution >= 4 is 45.9 Å². The molecule has 1 amide bonds. The Morgan fingerprint density at radius 3 is 2.52 bits per heavy atom. The Morgan fingerprint density at radius 2 is 1.76 bits per heavy atom. The number of para-hydroxylation sites is 1. The van der Waals surface area contributed by atoms with Crippen LogP contribution >= 0.6 is 23.4 Å². The highest BCUT2D eigenvalue weighted by Gasteiger charge is 2.19. The van der Waals surface area contributed by atoms with Gasteiger partial charge in [0.2, 0.25) is 5.91 Å². The number of carbonyl (C=O) groups is 1. The standard InChI is InChI=1S/C24H21ClN2OS/c1-29-24-20-12-5-6-13-21(20)27(16-17-8-3-2-4-9-17)22(24)15-23(28)26-19-11-7-10-18(25)14-19/h2-14H,15-16H2,1H3,(H,26,28). The molecule has 0 atom stereocenters. The molecule has 0 saturated carbocycles. The number of fused-ring (bicyclic) bond motifs is 1. The van der Waals surface area contributed by atoms with E-state index in [0.717, 1.165) is 22.7 Å². The SMILES string of the molecule is CSc1c(CC(=O)Nc2cccc(Cl)c2)n(Cc2ccccc2)c2ccccc12. The molecule has 1 aromatic heterocycles. The molecule has 4 rings (SSSR count). The van der Waals surface area contributed by atoms with Gasteiger partial charge in [-0.25, -0.2) is 0 Å². The monoisotopic (exact) mass is 420 g/mol. The zero-order valence-corrected chi connectivity index (χ0v) is 17.6. The van der Waals surface area contributed by atoms with E-state index in [1.807, 2.05) is 42.5 Å². The van der Waals surface area contributed by atoms with E-state index in [2.05, 4.69) is 40.4 Å². The van der Waals surface area contributed by atoms with E-state index in [9.17, 15) is 4.79 Å². The Labute approximate surface area is 179 Å². The number of benzene rings is 3. The van der Waals surface area contributed by atoms with E-state index >= 15 is 0 Å². The van der Waals surface area contributed by atoms with Gasteiger partial charge in [-0.15, -0.1) is 11.8 Å². The zero-order chi connectivity index (χ0) is 20.2. The van der Waals surface area contributed by atoms with Crippen molar-refractivity contribution in [3.05, 3.63) is 95.1 Å². The summed E-state index contributed by atoms with van der Waals surface area (Å²) in [7, 11) is 0. The van der Waals surface area contributed by atoms with E-state index in [1.165, 1.54) is 10.9 Å². The van der Waals surface area contributed by atoms with E-state index in [0.29, 0.717) is 17.1 Å². The van der Waals surface area contributed by atoms with Crippen molar-refractivity contribution in [1.82, 2.24) is 4.57 Å². The largest absolute Gasteiger partial charge is 0.338 e. The van der Waals surface area contributed by atoms with Crippen LogP contribution in [0.1, 0.15) is 11.3 Å². The predicted molar refractivity (Wildman–Crippen MR) is 123 cm³/mol. The number of anilines is 1. The highest BCUT2D eigenvalue weighted by atomic mass is 35.5. The molecule has 4 aromatic rings. The number of rotatable bonds is 6. The smallest absolute Gasteiger partial charge is 0.230 e. The first-order valence-electron chi connectivity index (χ1n) is 9.39. The predicted octanol–water partition coefficient (Wildman–Crippen LogP) is 6.25. The molecule has 0 bridgehead atoms. The average Bonchev–Trinajstić information content (AvgIpc) is 3.01. The molecule has 146 valence electrons. The van der Waals surface area contributed by atoms with Gasteiger partial charge in [0.05, 0.1) is 6.42 Å². The van der Waals surface area contributed by atoms with Gasteiger partial charge >= 0.3 is 0 Å². The summed E-state index contributed by atoms with van der Waals surface area (Å²) >= 11 is 7.73. The number of nitrogens with zero attached hydrogens (tertiary/aromatic N) is 1. The van der Waals surface area contributed by atoms with Crippen LogP contribution in [-0.4, -0.2) is 16.7 Å². The summed E-state index contributed by atoms with van der Waals surface area (Å²) in [6, 6.07) is 25.9. The molecular weight excluding hydrogens is 400 g/mol. The topological polar surface area (TPSA) is 34.0 Å². The quantitative estimate of drug-likeness (QED) is 0.374. The third kappa shape index (κ3) is 4.34. The third-order valence-electron chi connectivity index (χ3n) is 4.85. The minimum atomic E-state index is -0.0558. The van der Waals surface area contributed by atoms with Crippen LogP contribution in [0.25, 0.3) is 10.9 Å². The second kappa shape index (κ2) is 8.76. The lowest BCUT2D eigenvalue weighted by molar-refractivity contribution is -0.115. The van der Waals surface area contributed by atoms with Gasteiger partial charge in [-0.3, -0.25) is 4.79 Å². The highest BCUT2D eigenvalue weighted by Crippen LogP contribution is 2.34. The summed E-state index contributed by atoms with van der Waals surface area (Å²) in [6.45, 7) is 0.724. The summed E-state index contributed by atoms with van der Waals surface area (Å²) < 4.78 is 2.26. The van der Waals surface area contributed by atoms with Gasteiger partial charge in [0.1, 0.15) is 0 Å². The maximum atomic E-state index is 12.9. The van der Waals surface area contributed by atoms with Crippen LogP contribution in [0.2, 0.25) is 5.02 Å². The van der Waals surface area contributed by atoms with Crippen LogP contribution < -0.4 is 5.32 Å². The fraction of sp³-hybridized carbons (Fsp3) is 0.125. The average molecular weight is 421 g/mol. The first-order valence-corrected chi connectivity index (χ1v) is 11.0. The second-order valence-electron chi connectivity index (χ2n) is 6.80. The molecule has 29 heavy (non-hydrogen) atoms. The van der Waals surface area contributed by atoms with Crippen molar-refractivity contribution in [2.75, 3.05) is 11.6 Å². The first kappa shape index (κ1) is 19.6. The van der Waals surface area contributed by atoms with Gasteiger partial charge in [0.25, 0.3) is 0 Å². The molecule has 0 spiro atoms. The minimum absolute atomic E-state index is 0.0558. The van der Waals surface area contributed by atoms with Gasteiger partial charge in [-0.1, -0.05) is 66.2 Å². The minimum Gasteiger partial charge on any atom is -0.338 e. The fourth-order valence-electron chi connectivity index (χ4n) is 3.60. The number of nitrogens with one attached hydrogen (secondary N) is 1. The lowest BCUT2D eigenvalue weighted by Gasteiger charge is -2.13. The van der Waals surface area contributed by atoms with Crippen LogP contribution in [0.15, 0.2) is 83.8 Å². The molecule has 1 N–H and O–H groups in total. The third-order valence-corrected chi connectivity index (χ3v) is 5.95. The summed E-state index contributed by atoms with van der Waals surface area (Å²) in [5, 5.41) is 4.76. The van der Waals surface area contributed by atoms with Crippen molar-refractivity contribution in [2.45, 2.75) is 17.9 Å². The van der Waals surface area contributed by atoms with Crippen molar-refractivity contribution in [3.63, 3.8) is 0 Å². The number of carbonyl (C=O) groups excluding carboxylic acids is 1. The summed E-state index contributed by atoms with van der Waals surface area (Å²) in [5.74, 6) is -0.0558. The van der Waals surface area contributed by atoms with Crippen LogP contribution in [-0.2, 0) is 17.8 Å². The molecule has 3 aromatic carbocycles. The molecule has 0 aliphatic carbocycles. The summed E-state index contributed by atoms with van der Waals surface area (Å²) in [4.78, 5) is 14.0. The maximum absolute atomic E-state index is 12.9. The lowest BCUT2D eigenvalue weighted by Crippen LogP contribution is -2.17. The Bertz CT molecular complexity index is 1150. The highest BCUT2D eigenvalue weighted by molar-refractivity contribution is 7.98. The molecule has 0 fully saturated rings. The van der Waals surface area contributed by atoms with Crippen molar-refractivity contribution in [2.24, 2.45) is 0 Å². The van der Waals surface area contributed by atoms with Crippen LogP contribution in [0.3, 0.4) is 0 Å². The zero-order valence-electron chi connectivity index (χ0n) is 16.1. The van der Waals surface area contributed by atoms with Gasteiger partial charge in [0.15, 0.2) is 0 Å². The Hall–Kier alpha value is -2.69. The van der Waals surface area contributed by atoms with Crippen LogP contribution in [0.4, 0.5) is 5.69 Å². The molecule has 1 heterocycles.